The molecule has 0 bridgehead atoms. The van der Waals surface area contributed by atoms with Crippen LogP contribution in [0.2, 0.25) is 0 Å². The highest BCUT2D eigenvalue weighted by atomic mass is 32.2. The zero-order valence-electron chi connectivity index (χ0n) is 6.72. The van der Waals surface area contributed by atoms with Gasteiger partial charge in [0.1, 0.15) is 4.86 Å². The number of nitrogens with one attached hydrogen (secondary N) is 1. The molecule has 0 aliphatic carbocycles. The lowest BCUT2D eigenvalue weighted by molar-refractivity contribution is -0.113. The van der Waals surface area contributed by atoms with Gasteiger partial charge in [-0.05, 0) is 6.08 Å². The average molecular weight is 235 g/mol. The molecular weight excluding hydrogens is 230 g/mol. The van der Waals surface area contributed by atoms with Crippen molar-refractivity contribution in [3.63, 3.8) is 0 Å². The fourth-order valence-electron chi connectivity index (χ4n) is 0.864. The highest BCUT2D eigenvalue weighted by molar-refractivity contribution is 7.82. The van der Waals surface area contributed by atoms with Crippen molar-refractivity contribution >= 4 is 36.2 Å². The van der Waals surface area contributed by atoms with Crippen molar-refractivity contribution in [2.24, 2.45) is 0 Å². The molecule has 1 aliphatic rings. The summed E-state index contributed by atoms with van der Waals surface area (Å²) in [4.78, 5) is 9.99. The molecule has 0 saturated heterocycles. The Bertz CT molecular complexity index is 547. The molecule has 0 atom stereocenters. The summed E-state index contributed by atoms with van der Waals surface area (Å²) >= 11 is 0. The molecule has 0 amide bonds. The van der Waals surface area contributed by atoms with E-state index in [2.05, 4.69) is 5.32 Å². The first kappa shape index (κ1) is 10.7. The summed E-state index contributed by atoms with van der Waals surface area (Å²) in [5.74, 6) is -0.475. The van der Waals surface area contributed by atoms with Crippen molar-refractivity contribution in [3.05, 3.63) is 12.3 Å². The van der Waals surface area contributed by atoms with Gasteiger partial charge < -0.3 is 5.32 Å². The average Bonchev–Trinajstić information content (AvgIpc) is 2.26. The Morgan fingerprint density at radius 1 is 1.14 bits per heavy atom. The second-order valence-corrected chi connectivity index (χ2v) is 4.18. The highest BCUT2D eigenvalue weighted by Crippen LogP contribution is 1.95. The van der Waals surface area contributed by atoms with Crippen LogP contribution in [0.1, 0.15) is 6.42 Å². The van der Waals surface area contributed by atoms with Crippen molar-refractivity contribution in [2.75, 3.05) is 0 Å². The van der Waals surface area contributed by atoms with Gasteiger partial charge in [0.25, 0.3) is 0 Å². The quantitative estimate of drug-likeness (QED) is 0.494. The molecule has 0 aromatic rings. The topological polar surface area (TPSA) is 97.4 Å². The molecule has 8 heteroatoms. The van der Waals surface area contributed by atoms with Crippen molar-refractivity contribution in [2.45, 2.75) is 6.42 Å². The number of allylic oxidation sites excluding steroid dienone is 1. The van der Waals surface area contributed by atoms with Gasteiger partial charge >= 0.3 is 0 Å². The SMILES string of the molecule is O=C1C=CNC(=S(=O)=O)C(=S(=O)=O)C1. The van der Waals surface area contributed by atoms with Crippen LogP contribution in [0, 0.1) is 0 Å². The number of hydrogen-bond acceptors (Lipinski definition) is 5. The Morgan fingerprint density at radius 2 is 1.79 bits per heavy atom. The summed E-state index contributed by atoms with van der Waals surface area (Å²) in [5.41, 5.74) is 0. The molecule has 1 N–H and O–H groups in total. The van der Waals surface area contributed by atoms with E-state index in [1.807, 2.05) is 0 Å². The van der Waals surface area contributed by atoms with Crippen LogP contribution in [-0.4, -0.2) is 32.5 Å². The van der Waals surface area contributed by atoms with Gasteiger partial charge in [0.2, 0.25) is 20.6 Å². The normalized spacial score (nSPS) is 16.1. The minimum Gasteiger partial charge on any atom is -0.348 e. The first-order chi connectivity index (χ1) is 6.52. The summed E-state index contributed by atoms with van der Waals surface area (Å²) in [6.45, 7) is 0. The second-order valence-electron chi connectivity index (χ2n) is 2.34. The van der Waals surface area contributed by atoms with Gasteiger partial charge in [0.05, 0.1) is 6.42 Å². The Kier molecular flexibility index (Phi) is 3.20. The third-order valence-electron chi connectivity index (χ3n) is 1.44. The van der Waals surface area contributed by atoms with E-state index in [0.717, 1.165) is 12.3 Å². The molecule has 0 fully saturated rings. The maximum absolute atomic E-state index is 10.9. The number of hydrogen-bond donors (Lipinski definition) is 1. The van der Waals surface area contributed by atoms with Gasteiger partial charge in [0, 0.05) is 6.20 Å². The van der Waals surface area contributed by atoms with Gasteiger partial charge in [-0.25, -0.2) is 0 Å². The lowest BCUT2D eigenvalue weighted by Crippen LogP contribution is -2.28. The van der Waals surface area contributed by atoms with Crippen LogP contribution in [0.25, 0.3) is 0 Å². The summed E-state index contributed by atoms with van der Waals surface area (Å²) in [6.07, 6.45) is 1.73. The molecule has 0 radical (unpaired) electrons. The molecule has 0 aromatic carbocycles. The van der Waals surface area contributed by atoms with Crippen LogP contribution in [0.15, 0.2) is 12.3 Å². The van der Waals surface area contributed by atoms with Crippen LogP contribution in [0.3, 0.4) is 0 Å². The fourth-order valence-corrected chi connectivity index (χ4v) is 2.16. The molecule has 6 nitrogen and oxygen atoms in total. The number of carbonyl (C=O) groups excluding carboxylic acids is 1. The molecule has 0 unspecified atom stereocenters. The van der Waals surface area contributed by atoms with Crippen LogP contribution in [0.4, 0.5) is 0 Å². The lowest BCUT2D eigenvalue weighted by atomic mass is 10.2. The van der Waals surface area contributed by atoms with E-state index < -0.39 is 42.6 Å². The molecule has 1 rings (SSSR count). The summed E-state index contributed by atoms with van der Waals surface area (Å²) < 4.78 is 42.4. The first-order valence-corrected chi connectivity index (χ1v) is 5.55. The Balaban J connectivity index is 3.48. The maximum atomic E-state index is 10.9. The van der Waals surface area contributed by atoms with E-state index in [4.69, 9.17) is 0 Å². The Morgan fingerprint density at radius 3 is 2.29 bits per heavy atom. The van der Waals surface area contributed by atoms with Gasteiger partial charge in [-0.15, -0.1) is 0 Å². The minimum absolute atomic E-state index is 0.442. The fraction of sp³-hybridized carbons (Fsp3) is 0.167. The van der Waals surface area contributed by atoms with Gasteiger partial charge in [-0.2, -0.15) is 16.8 Å². The van der Waals surface area contributed by atoms with Gasteiger partial charge in [-0.1, -0.05) is 0 Å². The first-order valence-electron chi connectivity index (χ1n) is 3.40. The smallest absolute Gasteiger partial charge is 0.239 e. The standard InChI is InChI=1S/C6H5NO5S2/c8-4-1-2-7-6(14(11)12)5(3-4)13(9)10/h1-2,7H,3H2. The predicted molar refractivity (Wildman–Crippen MR) is 49.8 cm³/mol. The third-order valence-corrected chi connectivity index (χ3v) is 3.02. The lowest BCUT2D eigenvalue weighted by Gasteiger charge is -1.96. The maximum Gasteiger partial charge on any atom is 0.239 e. The number of ketones is 1. The van der Waals surface area contributed by atoms with E-state index in [0.29, 0.717) is 0 Å². The van der Waals surface area contributed by atoms with Crippen molar-refractivity contribution in [1.82, 2.24) is 5.32 Å². The van der Waals surface area contributed by atoms with Gasteiger partial charge in [0.15, 0.2) is 10.8 Å². The van der Waals surface area contributed by atoms with E-state index in [9.17, 15) is 21.6 Å². The Hall–Kier alpha value is -1.41. The zero-order valence-corrected chi connectivity index (χ0v) is 8.35. The highest BCUT2D eigenvalue weighted by Gasteiger charge is 2.17. The van der Waals surface area contributed by atoms with Crippen LogP contribution >= 0.6 is 0 Å². The molecule has 1 heterocycles. The summed E-state index contributed by atoms with van der Waals surface area (Å²) in [6, 6.07) is 0. The Labute approximate surface area is 82.3 Å². The molecule has 0 spiro atoms. The van der Waals surface area contributed by atoms with Crippen molar-refractivity contribution in [1.29, 1.82) is 0 Å². The van der Waals surface area contributed by atoms with Gasteiger partial charge in [-0.3, -0.25) is 4.79 Å². The van der Waals surface area contributed by atoms with Crippen molar-refractivity contribution < 1.29 is 21.6 Å². The monoisotopic (exact) mass is 235 g/mol. The van der Waals surface area contributed by atoms with E-state index in [1.165, 1.54) is 0 Å². The molecule has 76 valence electrons. The second kappa shape index (κ2) is 4.20. The molecule has 14 heavy (non-hydrogen) atoms. The molecular formula is C6H5NO5S2. The molecule has 0 aromatic heterocycles. The summed E-state index contributed by atoms with van der Waals surface area (Å²) in [5, 5.41) is 2.22. The summed E-state index contributed by atoms with van der Waals surface area (Å²) in [7, 11) is -5.43. The molecule has 0 saturated carbocycles. The van der Waals surface area contributed by atoms with Crippen molar-refractivity contribution in [3.8, 4) is 0 Å². The van der Waals surface area contributed by atoms with Crippen LogP contribution in [0.5, 0.6) is 0 Å². The van der Waals surface area contributed by atoms with Crippen LogP contribution in [-0.2, 0) is 25.4 Å². The predicted octanol–water partition coefficient (Wildman–Crippen LogP) is -1.88. The number of carbonyl (C=O) groups is 1. The zero-order chi connectivity index (χ0) is 10.7. The largest absolute Gasteiger partial charge is 0.348 e. The minimum atomic E-state index is -2.72. The van der Waals surface area contributed by atoms with E-state index in [1.54, 1.807) is 0 Å². The van der Waals surface area contributed by atoms with E-state index in [-0.39, 0.29) is 0 Å². The number of rotatable bonds is 0. The van der Waals surface area contributed by atoms with Crippen LogP contribution < -0.4 is 5.32 Å². The third kappa shape index (κ3) is 2.30. The van der Waals surface area contributed by atoms with E-state index >= 15 is 0 Å². The molecule has 1 aliphatic heterocycles.